The molecule has 0 aliphatic carbocycles. The number of anilines is 2. The SMILES string of the molecule is CNc1nn(-c2ccc(F)cc2)c(N)c1S(C)(=O)=O. The van der Waals surface area contributed by atoms with E-state index in [4.69, 9.17) is 5.73 Å². The van der Waals surface area contributed by atoms with Gasteiger partial charge in [0.2, 0.25) is 0 Å². The van der Waals surface area contributed by atoms with Gasteiger partial charge in [-0.3, -0.25) is 0 Å². The van der Waals surface area contributed by atoms with Gasteiger partial charge in [0.15, 0.2) is 20.6 Å². The van der Waals surface area contributed by atoms with E-state index in [1.807, 2.05) is 0 Å². The van der Waals surface area contributed by atoms with Gasteiger partial charge in [-0.2, -0.15) is 0 Å². The zero-order chi connectivity index (χ0) is 14.2. The van der Waals surface area contributed by atoms with E-state index in [-0.39, 0.29) is 16.5 Å². The molecule has 0 amide bonds. The number of benzene rings is 1. The average Bonchev–Trinajstić information content (AvgIpc) is 2.67. The molecule has 1 heterocycles. The number of nitrogen functional groups attached to an aromatic ring is 1. The lowest BCUT2D eigenvalue weighted by Crippen LogP contribution is -2.06. The van der Waals surface area contributed by atoms with Crippen molar-refractivity contribution < 1.29 is 12.8 Å². The molecule has 0 bridgehead atoms. The van der Waals surface area contributed by atoms with Crippen LogP contribution in [-0.4, -0.2) is 31.5 Å². The maximum atomic E-state index is 12.9. The number of halogens is 1. The lowest BCUT2D eigenvalue weighted by molar-refractivity contribution is 0.602. The molecule has 1 aromatic heterocycles. The summed E-state index contributed by atoms with van der Waals surface area (Å²) in [7, 11) is -1.97. The fraction of sp³-hybridized carbons (Fsp3) is 0.182. The van der Waals surface area contributed by atoms with Crippen molar-refractivity contribution in [2.75, 3.05) is 24.4 Å². The van der Waals surface area contributed by atoms with Crippen molar-refractivity contribution in [3.63, 3.8) is 0 Å². The Labute approximate surface area is 110 Å². The molecule has 0 radical (unpaired) electrons. The quantitative estimate of drug-likeness (QED) is 0.879. The molecule has 0 atom stereocenters. The number of hydrogen-bond donors (Lipinski definition) is 2. The normalized spacial score (nSPS) is 11.5. The molecular formula is C11H13FN4O2S. The molecule has 1 aromatic carbocycles. The Balaban J connectivity index is 2.67. The van der Waals surface area contributed by atoms with E-state index in [1.54, 1.807) is 7.05 Å². The molecule has 0 unspecified atom stereocenters. The van der Waals surface area contributed by atoms with Gasteiger partial charge in [-0.25, -0.2) is 17.5 Å². The van der Waals surface area contributed by atoms with Gasteiger partial charge >= 0.3 is 0 Å². The largest absolute Gasteiger partial charge is 0.382 e. The van der Waals surface area contributed by atoms with Gasteiger partial charge in [-0.05, 0) is 24.3 Å². The fourth-order valence-corrected chi connectivity index (χ4v) is 2.69. The summed E-state index contributed by atoms with van der Waals surface area (Å²) in [5.41, 5.74) is 6.30. The number of sulfone groups is 1. The molecule has 0 aliphatic rings. The second-order valence-corrected chi connectivity index (χ2v) is 5.93. The Kier molecular flexibility index (Phi) is 3.19. The second kappa shape index (κ2) is 4.54. The third kappa shape index (κ3) is 2.39. The molecule has 0 spiro atoms. The zero-order valence-corrected chi connectivity index (χ0v) is 11.2. The highest BCUT2D eigenvalue weighted by atomic mass is 32.2. The first kappa shape index (κ1) is 13.3. The summed E-state index contributed by atoms with van der Waals surface area (Å²) in [4.78, 5) is -0.0701. The van der Waals surface area contributed by atoms with Gasteiger partial charge in [0.25, 0.3) is 0 Å². The van der Waals surface area contributed by atoms with Crippen LogP contribution in [0.1, 0.15) is 0 Å². The van der Waals surface area contributed by atoms with Crippen LogP contribution < -0.4 is 11.1 Å². The van der Waals surface area contributed by atoms with Gasteiger partial charge in [0.1, 0.15) is 11.6 Å². The summed E-state index contributed by atoms with van der Waals surface area (Å²) < 4.78 is 37.5. The smallest absolute Gasteiger partial charge is 0.182 e. The van der Waals surface area contributed by atoms with Crippen LogP contribution in [0.5, 0.6) is 0 Å². The van der Waals surface area contributed by atoms with Crippen molar-refractivity contribution in [2.45, 2.75) is 4.90 Å². The Morgan fingerprint density at radius 2 is 1.89 bits per heavy atom. The van der Waals surface area contributed by atoms with Crippen LogP contribution in [-0.2, 0) is 9.84 Å². The zero-order valence-electron chi connectivity index (χ0n) is 10.4. The molecule has 0 saturated heterocycles. The third-order valence-electron chi connectivity index (χ3n) is 2.55. The summed E-state index contributed by atoms with van der Waals surface area (Å²) in [5.74, 6) is -0.255. The number of nitrogens with one attached hydrogen (secondary N) is 1. The van der Waals surface area contributed by atoms with E-state index < -0.39 is 15.7 Å². The first-order chi connectivity index (χ1) is 8.84. The minimum atomic E-state index is -3.52. The predicted molar refractivity (Wildman–Crippen MR) is 70.6 cm³/mol. The molecule has 19 heavy (non-hydrogen) atoms. The van der Waals surface area contributed by atoms with Crippen LogP contribution in [0.4, 0.5) is 16.0 Å². The van der Waals surface area contributed by atoms with Crippen molar-refractivity contribution >= 4 is 21.5 Å². The summed E-state index contributed by atoms with van der Waals surface area (Å²) in [6, 6.07) is 5.42. The standard InChI is InChI=1S/C11H13FN4O2S/c1-14-11-9(19(2,17)18)10(13)16(15-11)8-5-3-7(12)4-6-8/h3-6H,13H2,1-2H3,(H,14,15). The molecule has 6 nitrogen and oxygen atoms in total. The van der Waals surface area contributed by atoms with E-state index in [9.17, 15) is 12.8 Å². The summed E-state index contributed by atoms with van der Waals surface area (Å²) >= 11 is 0. The third-order valence-corrected chi connectivity index (χ3v) is 3.70. The molecule has 102 valence electrons. The first-order valence-electron chi connectivity index (χ1n) is 5.37. The van der Waals surface area contributed by atoms with Crippen molar-refractivity contribution in [3.8, 4) is 5.69 Å². The maximum Gasteiger partial charge on any atom is 0.182 e. The predicted octanol–water partition coefficient (Wildman–Crippen LogP) is 1.04. The van der Waals surface area contributed by atoms with Gasteiger partial charge in [-0.15, -0.1) is 5.10 Å². The van der Waals surface area contributed by atoms with Gasteiger partial charge in [-0.1, -0.05) is 0 Å². The monoisotopic (exact) mass is 284 g/mol. The summed E-state index contributed by atoms with van der Waals surface area (Å²) in [5, 5.41) is 6.75. The average molecular weight is 284 g/mol. The van der Waals surface area contributed by atoms with Crippen molar-refractivity contribution in [1.29, 1.82) is 0 Å². The van der Waals surface area contributed by atoms with Gasteiger partial charge in [0.05, 0.1) is 5.69 Å². The van der Waals surface area contributed by atoms with Crippen molar-refractivity contribution in [3.05, 3.63) is 30.1 Å². The number of hydrogen-bond acceptors (Lipinski definition) is 5. The Hall–Kier alpha value is -2.09. The molecular weight excluding hydrogens is 271 g/mol. The number of rotatable bonds is 3. The van der Waals surface area contributed by atoms with Gasteiger partial charge < -0.3 is 11.1 Å². The number of nitrogens with zero attached hydrogens (tertiary/aromatic N) is 2. The highest BCUT2D eigenvalue weighted by Crippen LogP contribution is 2.29. The Morgan fingerprint density at radius 1 is 1.32 bits per heavy atom. The molecule has 8 heteroatoms. The van der Waals surface area contributed by atoms with Crippen LogP contribution in [0, 0.1) is 5.82 Å². The lowest BCUT2D eigenvalue weighted by Gasteiger charge is -2.03. The Morgan fingerprint density at radius 3 is 2.32 bits per heavy atom. The van der Waals surface area contributed by atoms with Crippen LogP contribution in [0.15, 0.2) is 29.2 Å². The molecule has 0 fully saturated rings. The summed E-state index contributed by atoms with van der Waals surface area (Å²) in [6.45, 7) is 0. The number of nitrogens with two attached hydrogens (primary N) is 1. The second-order valence-electron chi connectivity index (χ2n) is 3.97. The fourth-order valence-electron chi connectivity index (χ4n) is 1.72. The van der Waals surface area contributed by atoms with Crippen LogP contribution in [0.2, 0.25) is 0 Å². The van der Waals surface area contributed by atoms with Gasteiger partial charge in [0, 0.05) is 13.3 Å². The maximum absolute atomic E-state index is 12.9. The minimum absolute atomic E-state index is 0.0153. The van der Waals surface area contributed by atoms with E-state index >= 15 is 0 Å². The van der Waals surface area contributed by atoms with Crippen molar-refractivity contribution in [1.82, 2.24) is 9.78 Å². The molecule has 2 rings (SSSR count). The molecule has 2 aromatic rings. The van der Waals surface area contributed by atoms with Crippen molar-refractivity contribution in [2.24, 2.45) is 0 Å². The van der Waals surface area contributed by atoms with E-state index in [0.717, 1.165) is 6.26 Å². The first-order valence-corrected chi connectivity index (χ1v) is 7.26. The van der Waals surface area contributed by atoms with Crippen LogP contribution in [0.3, 0.4) is 0 Å². The molecule has 3 N–H and O–H groups in total. The highest BCUT2D eigenvalue weighted by Gasteiger charge is 2.24. The molecule has 0 aliphatic heterocycles. The topological polar surface area (TPSA) is 90.0 Å². The Bertz CT molecular complexity index is 707. The van der Waals surface area contributed by atoms with Crippen LogP contribution in [0.25, 0.3) is 5.69 Å². The highest BCUT2D eigenvalue weighted by molar-refractivity contribution is 7.91. The van der Waals surface area contributed by atoms with Crippen LogP contribution >= 0.6 is 0 Å². The molecule has 0 saturated carbocycles. The lowest BCUT2D eigenvalue weighted by atomic mass is 10.3. The minimum Gasteiger partial charge on any atom is -0.382 e. The van der Waals surface area contributed by atoms with E-state index in [1.165, 1.54) is 28.9 Å². The number of aromatic nitrogens is 2. The van der Waals surface area contributed by atoms with E-state index in [0.29, 0.717) is 5.69 Å². The summed E-state index contributed by atoms with van der Waals surface area (Å²) in [6.07, 6.45) is 1.05. The van der Waals surface area contributed by atoms with E-state index in [2.05, 4.69) is 10.4 Å².